The molecule has 2 unspecified atom stereocenters. The number of hydrazine groups is 1. The maximum Gasteiger partial charge on any atom is 0.138 e. The Morgan fingerprint density at radius 2 is 2.44 bits per heavy atom. The van der Waals surface area contributed by atoms with E-state index in [0.29, 0.717) is 12.0 Å². The van der Waals surface area contributed by atoms with Gasteiger partial charge in [-0.05, 0) is 32.6 Å². The standard InChI is InChI=1S/C12H23N5O/c1-9(2)17-12(14-8-15-17)6-11(16-13)10-4-3-5-18-7-10/h8-11,16H,3-7,13H2,1-2H3. The minimum atomic E-state index is 0.201. The molecule has 1 fully saturated rings. The summed E-state index contributed by atoms with van der Waals surface area (Å²) in [5.74, 6) is 7.13. The zero-order chi connectivity index (χ0) is 13.0. The lowest BCUT2D eigenvalue weighted by Crippen LogP contribution is -2.45. The normalized spacial score (nSPS) is 22.3. The summed E-state index contributed by atoms with van der Waals surface area (Å²) in [5.41, 5.74) is 2.92. The molecule has 18 heavy (non-hydrogen) atoms. The first kappa shape index (κ1) is 13.5. The van der Waals surface area contributed by atoms with Crippen LogP contribution in [0.15, 0.2) is 6.33 Å². The van der Waals surface area contributed by atoms with Crippen molar-refractivity contribution in [1.29, 1.82) is 0 Å². The van der Waals surface area contributed by atoms with Crippen LogP contribution >= 0.6 is 0 Å². The van der Waals surface area contributed by atoms with Gasteiger partial charge in [-0.3, -0.25) is 11.3 Å². The molecule has 0 aromatic carbocycles. The summed E-state index contributed by atoms with van der Waals surface area (Å²) in [4.78, 5) is 4.34. The van der Waals surface area contributed by atoms with Gasteiger partial charge in [0.15, 0.2) is 0 Å². The molecule has 0 spiro atoms. The van der Waals surface area contributed by atoms with Gasteiger partial charge in [-0.1, -0.05) is 0 Å². The number of ether oxygens (including phenoxy) is 1. The third-order valence-electron chi connectivity index (χ3n) is 3.52. The van der Waals surface area contributed by atoms with Crippen molar-refractivity contribution >= 4 is 0 Å². The molecule has 6 heteroatoms. The third-order valence-corrected chi connectivity index (χ3v) is 3.52. The van der Waals surface area contributed by atoms with Crippen molar-refractivity contribution in [3.8, 4) is 0 Å². The average molecular weight is 253 g/mol. The van der Waals surface area contributed by atoms with Crippen LogP contribution in [-0.2, 0) is 11.2 Å². The lowest BCUT2D eigenvalue weighted by atomic mass is 9.92. The highest BCUT2D eigenvalue weighted by molar-refractivity contribution is 4.93. The van der Waals surface area contributed by atoms with E-state index >= 15 is 0 Å². The van der Waals surface area contributed by atoms with Gasteiger partial charge in [0.05, 0.1) is 6.61 Å². The summed E-state index contributed by atoms with van der Waals surface area (Å²) in [7, 11) is 0. The number of nitrogens with two attached hydrogens (primary N) is 1. The second-order valence-corrected chi connectivity index (χ2v) is 5.17. The largest absolute Gasteiger partial charge is 0.381 e. The summed E-state index contributed by atoms with van der Waals surface area (Å²) in [6.07, 6.45) is 4.67. The Bertz CT molecular complexity index is 359. The van der Waals surface area contributed by atoms with E-state index in [1.54, 1.807) is 6.33 Å². The molecule has 0 saturated carbocycles. The fourth-order valence-electron chi connectivity index (χ4n) is 2.49. The summed E-state index contributed by atoms with van der Waals surface area (Å²) in [6, 6.07) is 0.524. The van der Waals surface area contributed by atoms with Crippen molar-refractivity contribution in [2.75, 3.05) is 13.2 Å². The summed E-state index contributed by atoms with van der Waals surface area (Å²) < 4.78 is 7.48. The highest BCUT2D eigenvalue weighted by atomic mass is 16.5. The van der Waals surface area contributed by atoms with Crippen molar-refractivity contribution < 1.29 is 4.74 Å². The first-order valence-electron chi connectivity index (χ1n) is 6.64. The molecule has 102 valence electrons. The molecule has 1 aliphatic rings. The van der Waals surface area contributed by atoms with Crippen LogP contribution in [0.5, 0.6) is 0 Å². The van der Waals surface area contributed by atoms with Crippen molar-refractivity contribution in [2.24, 2.45) is 11.8 Å². The smallest absolute Gasteiger partial charge is 0.138 e. The number of aromatic nitrogens is 3. The number of nitrogens with zero attached hydrogens (tertiary/aromatic N) is 3. The molecule has 2 atom stereocenters. The highest BCUT2D eigenvalue weighted by Gasteiger charge is 2.25. The van der Waals surface area contributed by atoms with Gasteiger partial charge in [-0.25, -0.2) is 9.67 Å². The minimum absolute atomic E-state index is 0.201. The Morgan fingerprint density at radius 1 is 1.61 bits per heavy atom. The molecule has 0 amide bonds. The zero-order valence-corrected chi connectivity index (χ0v) is 11.2. The van der Waals surface area contributed by atoms with Gasteiger partial charge >= 0.3 is 0 Å². The van der Waals surface area contributed by atoms with E-state index in [-0.39, 0.29) is 6.04 Å². The SMILES string of the molecule is CC(C)n1ncnc1CC(NN)C1CCCOC1. The molecular weight excluding hydrogens is 230 g/mol. The molecule has 1 saturated heterocycles. The second kappa shape index (κ2) is 6.26. The topological polar surface area (TPSA) is 78.0 Å². The monoisotopic (exact) mass is 253 g/mol. The first-order valence-corrected chi connectivity index (χ1v) is 6.64. The molecular formula is C12H23N5O. The van der Waals surface area contributed by atoms with E-state index in [4.69, 9.17) is 10.6 Å². The van der Waals surface area contributed by atoms with Crippen molar-refractivity contribution in [2.45, 2.75) is 45.2 Å². The molecule has 1 aromatic heterocycles. The lowest BCUT2D eigenvalue weighted by Gasteiger charge is -2.29. The Morgan fingerprint density at radius 3 is 3.06 bits per heavy atom. The molecule has 0 radical (unpaired) electrons. The number of hydrogen-bond acceptors (Lipinski definition) is 5. The Labute approximate surface area is 108 Å². The third kappa shape index (κ3) is 3.07. The van der Waals surface area contributed by atoms with Crippen LogP contribution in [0, 0.1) is 5.92 Å². The van der Waals surface area contributed by atoms with Gasteiger partial charge in [-0.15, -0.1) is 0 Å². The van der Waals surface area contributed by atoms with Gasteiger partial charge in [-0.2, -0.15) is 5.10 Å². The lowest BCUT2D eigenvalue weighted by molar-refractivity contribution is 0.0388. The van der Waals surface area contributed by atoms with Crippen LogP contribution in [0.4, 0.5) is 0 Å². The number of rotatable bonds is 5. The summed E-state index contributed by atoms with van der Waals surface area (Å²) in [6.45, 7) is 5.86. The quantitative estimate of drug-likeness (QED) is 0.595. The van der Waals surface area contributed by atoms with Gasteiger partial charge in [0, 0.05) is 25.1 Å². The number of nitrogens with one attached hydrogen (secondary N) is 1. The van der Waals surface area contributed by atoms with E-state index < -0.39 is 0 Å². The molecule has 2 heterocycles. The predicted octanol–water partition coefficient (Wildman–Crippen LogP) is 0.660. The Kier molecular flexibility index (Phi) is 4.68. The van der Waals surface area contributed by atoms with Gasteiger partial charge in [0.2, 0.25) is 0 Å². The van der Waals surface area contributed by atoms with Crippen LogP contribution in [0.2, 0.25) is 0 Å². The maximum atomic E-state index is 5.68. The molecule has 1 aliphatic heterocycles. The molecule has 2 rings (SSSR count). The molecule has 0 bridgehead atoms. The second-order valence-electron chi connectivity index (χ2n) is 5.17. The van der Waals surface area contributed by atoms with Crippen LogP contribution in [-0.4, -0.2) is 34.0 Å². The van der Waals surface area contributed by atoms with Crippen molar-refractivity contribution in [3.05, 3.63) is 12.2 Å². The van der Waals surface area contributed by atoms with Crippen LogP contribution in [0.25, 0.3) is 0 Å². The molecule has 0 aliphatic carbocycles. The van der Waals surface area contributed by atoms with E-state index in [1.165, 1.54) is 0 Å². The van der Waals surface area contributed by atoms with Gasteiger partial charge in [0.1, 0.15) is 12.2 Å². The van der Waals surface area contributed by atoms with Crippen LogP contribution < -0.4 is 11.3 Å². The van der Waals surface area contributed by atoms with Gasteiger partial charge < -0.3 is 4.74 Å². The fourth-order valence-corrected chi connectivity index (χ4v) is 2.49. The predicted molar refractivity (Wildman–Crippen MR) is 68.8 cm³/mol. The Balaban J connectivity index is 2.02. The first-order chi connectivity index (χ1) is 8.72. The van der Waals surface area contributed by atoms with Crippen molar-refractivity contribution in [1.82, 2.24) is 20.2 Å². The van der Waals surface area contributed by atoms with E-state index in [2.05, 4.69) is 29.4 Å². The van der Waals surface area contributed by atoms with E-state index in [1.807, 2.05) is 4.68 Å². The minimum Gasteiger partial charge on any atom is -0.381 e. The number of hydrogen-bond donors (Lipinski definition) is 2. The molecule has 1 aromatic rings. The summed E-state index contributed by atoms with van der Waals surface area (Å²) in [5, 5.41) is 4.25. The molecule has 6 nitrogen and oxygen atoms in total. The average Bonchev–Trinajstić information content (AvgIpc) is 2.85. The van der Waals surface area contributed by atoms with Crippen molar-refractivity contribution in [3.63, 3.8) is 0 Å². The van der Waals surface area contributed by atoms with E-state index in [0.717, 1.165) is 38.3 Å². The van der Waals surface area contributed by atoms with E-state index in [9.17, 15) is 0 Å². The van der Waals surface area contributed by atoms with Crippen LogP contribution in [0.1, 0.15) is 38.6 Å². The maximum absolute atomic E-state index is 5.68. The zero-order valence-electron chi connectivity index (χ0n) is 11.2. The molecule has 3 N–H and O–H groups in total. The Hall–Kier alpha value is -0.980. The van der Waals surface area contributed by atoms with Gasteiger partial charge in [0.25, 0.3) is 0 Å². The van der Waals surface area contributed by atoms with Crippen LogP contribution in [0.3, 0.4) is 0 Å². The fraction of sp³-hybridized carbons (Fsp3) is 0.833. The highest BCUT2D eigenvalue weighted by Crippen LogP contribution is 2.20. The summed E-state index contributed by atoms with van der Waals surface area (Å²) >= 11 is 0.